The van der Waals surface area contributed by atoms with Gasteiger partial charge in [-0.25, -0.2) is 26.0 Å². The zero-order valence-corrected chi connectivity index (χ0v) is 19.7. The summed E-state index contributed by atoms with van der Waals surface area (Å²) in [7, 11) is -4.62. The van der Waals surface area contributed by atoms with Crippen LogP contribution in [0.1, 0.15) is 30.4 Å². The number of carbonyl (C=O) groups excluding carboxylic acids is 1. The number of halogens is 2. The molecule has 0 radical (unpaired) electrons. The van der Waals surface area contributed by atoms with E-state index in [2.05, 4.69) is 0 Å². The predicted octanol–water partition coefficient (Wildman–Crippen LogP) is 4.95. The summed E-state index contributed by atoms with van der Waals surface area (Å²) in [5.41, 5.74) is -2.31. The Kier molecular flexibility index (Phi) is 5.86. The first-order valence-corrected chi connectivity index (χ1v) is 11.5. The molecule has 1 aromatic heterocycles. The van der Waals surface area contributed by atoms with Gasteiger partial charge in [0, 0.05) is 41.0 Å². The van der Waals surface area contributed by atoms with Crippen LogP contribution in [0.2, 0.25) is 0 Å². The SMILES string of the molecule is [2H]C([2H])([2H])N(Cc1cc(-c2ccc(F)cc2F)n(S(=O)(=O)c2cccc([N+](=O)[O-])c2)c1)C(=O)OC(C)(C)C. The molecule has 0 aliphatic rings. The molecule has 0 saturated heterocycles. The minimum atomic E-state index is -4.62. The maximum absolute atomic E-state index is 14.7. The normalized spacial score (nSPS) is 13.5. The first kappa shape index (κ1) is 21.7. The van der Waals surface area contributed by atoms with Gasteiger partial charge in [-0.2, -0.15) is 0 Å². The topological polar surface area (TPSA) is 112 Å². The molecule has 3 rings (SSSR count). The van der Waals surface area contributed by atoms with Crippen molar-refractivity contribution >= 4 is 21.8 Å². The lowest BCUT2D eigenvalue weighted by atomic mass is 10.1. The van der Waals surface area contributed by atoms with Crippen LogP contribution in [-0.2, 0) is 21.3 Å². The van der Waals surface area contributed by atoms with Crippen LogP contribution in [0.4, 0.5) is 19.3 Å². The lowest BCUT2D eigenvalue weighted by Crippen LogP contribution is -2.33. The Balaban J connectivity index is 2.20. The third kappa shape index (κ3) is 5.83. The first-order chi connectivity index (χ1) is 17.4. The van der Waals surface area contributed by atoms with E-state index in [9.17, 15) is 32.1 Å². The number of carbonyl (C=O) groups is 1. The average Bonchev–Trinajstić information content (AvgIpc) is 3.20. The Morgan fingerprint density at radius 1 is 1.20 bits per heavy atom. The fraction of sp³-hybridized carbons (Fsp3) is 0.261. The summed E-state index contributed by atoms with van der Waals surface area (Å²) in [6.45, 7) is 0.920. The molecule has 0 N–H and O–H groups in total. The maximum Gasteiger partial charge on any atom is 0.410 e. The van der Waals surface area contributed by atoms with Crippen LogP contribution in [0.3, 0.4) is 0 Å². The number of nitro groups is 1. The van der Waals surface area contributed by atoms with Crippen LogP contribution in [0.5, 0.6) is 0 Å². The number of amides is 1. The smallest absolute Gasteiger partial charge is 0.410 e. The van der Waals surface area contributed by atoms with E-state index in [0.717, 1.165) is 48.7 Å². The monoisotopic (exact) mass is 510 g/mol. The number of nitro benzene ring substituents is 1. The Morgan fingerprint density at radius 3 is 2.51 bits per heavy atom. The van der Waals surface area contributed by atoms with Gasteiger partial charge in [-0.1, -0.05) is 6.07 Å². The van der Waals surface area contributed by atoms with Crippen molar-refractivity contribution in [2.75, 3.05) is 6.98 Å². The molecule has 0 fully saturated rings. The molecule has 0 aliphatic heterocycles. The van der Waals surface area contributed by atoms with Crippen LogP contribution in [-0.4, -0.2) is 40.9 Å². The molecule has 1 amide bonds. The van der Waals surface area contributed by atoms with E-state index in [-0.39, 0.29) is 16.8 Å². The van der Waals surface area contributed by atoms with Gasteiger partial charge in [0.05, 0.1) is 22.1 Å². The summed E-state index contributed by atoms with van der Waals surface area (Å²) in [6.07, 6.45) is -0.253. The molecule has 2 aromatic carbocycles. The third-order valence-corrected chi connectivity index (χ3v) is 6.26. The number of ether oxygens (including phenoxy) is 1. The second-order valence-corrected chi connectivity index (χ2v) is 10.3. The van der Waals surface area contributed by atoms with Crippen molar-refractivity contribution in [1.82, 2.24) is 8.87 Å². The average molecular weight is 511 g/mol. The zero-order valence-electron chi connectivity index (χ0n) is 21.9. The maximum atomic E-state index is 14.7. The number of nitrogens with zero attached hydrogens (tertiary/aromatic N) is 3. The van der Waals surface area contributed by atoms with Crippen LogP contribution in [0.15, 0.2) is 59.6 Å². The van der Waals surface area contributed by atoms with E-state index in [1.165, 1.54) is 20.8 Å². The van der Waals surface area contributed by atoms with Crippen LogP contribution >= 0.6 is 0 Å². The van der Waals surface area contributed by atoms with E-state index < -0.39 is 62.4 Å². The number of benzene rings is 2. The van der Waals surface area contributed by atoms with Gasteiger partial charge in [0.15, 0.2) is 0 Å². The number of rotatable bonds is 6. The van der Waals surface area contributed by atoms with Gasteiger partial charge in [-0.3, -0.25) is 10.1 Å². The van der Waals surface area contributed by atoms with E-state index in [1.807, 2.05) is 0 Å². The third-order valence-electron chi connectivity index (χ3n) is 4.59. The van der Waals surface area contributed by atoms with Gasteiger partial charge in [0.1, 0.15) is 17.2 Å². The van der Waals surface area contributed by atoms with Gasteiger partial charge < -0.3 is 9.64 Å². The van der Waals surface area contributed by atoms with Gasteiger partial charge in [-0.15, -0.1) is 0 Å². The standard InChI is InChI=1S/C23H23F2N3O6S/c1-23(2,3)34-22(29)26(4)13-15-10-21(19-9-8-16(24)11-20(19)25)27(14-15)35(32,33)18-7-5-6-17(12-18)28(30)31/h5-12,14H,13H2,1-4H3/i4D3. The van der Waals surface area contributed by atoms with Gasteiger partial charge in [0.2, 0.25) is 0 Å². The quantitative estimate of drug-likeness (QED) is 0.343. The fourth-order valence-corrected chi connectivity index (χ4v) is 4.54. The van der Waals surface area contributed by atoms with Crippen LogP contribution in [0, 0.1) is 21.7 Å². The Bertz CT molecular complexity index is 1500. The van der Waals surface area contributed by atoms with Crippen LogP contribution in [0.25, 0.3) is 11.3 Å². The van der Waals surface area contributed by atoms with Crippen LogP contribution < -0.4 is 0 Å². The van der Waals surface area contributed by atoms with Gasteiger partial charge >= 0.3 is 6.09 Å². The highest BCUT2D eigenvalue weighted by atomic mass is 32.2. The molecular weight excluding hydrogens is 484 g/mol. The molecule has 35 heavy (non-hydrogen) atoms. The Hall–Kier alpha value is -3.80. The van der Waals surface area contributed by atoms with Crippen molar-refractivity contribution in [3.63, 3.8) is 0 Å². The van der Waals surface area contributed by atoms with E-state index in [1.54, 1.807) is 0 Å². The summed E-state index contributed by atoms with van der Waals surface area (Å²) >= 11 is 0. The van der Waals surface area contributed by atoms with Gasteiger partial charge in [0.25, 0.3) is 15.7 Å². The Morgan fingerprint density at radius 2 is 1.91 bits per heavy atom. The minimum Gasteiger partial charge on any atom is -0.444 e. The molecular formula is C23H23F2N3O6S. The number of non-ortho nitro benzene ring substituents is 1. The molecule has 3 aromatic rings. The van der Waals surface area contributed by atoms with Crippen molar-refractivity contribution in [2.45, 2.75) is 37.8 Å². The van der Waals surface area contributed by atoms with Gasteiger partial charge in [-0.05, 0) is 50.6 Å². The fourth-order valence-electron chi connectivity index (χ4n) is 3.11. The van der Waals surface area contributed by atoms with E-state index in [0.29, 0.717) is 14.9 Å². The number of hydrogen-bond acceptors (Lipinski definition) is 6. The molecule has 0 saturated carbocycles. The van der Waals surface area contributed by atoms with Crippen molar-refractivity contribution in [1.29, 1.82) is 0 Å². The second-order valence-electron chi connectivity index (χ2n) is 8.48. The van der Waals surface area contributed by atoms with Crippen molar-refractivity contribution in [2.24, 2.45) is 0 Å². The Labute approximate surface area is 205 Å². The molecule has 9 nitrogen and oxygen atoms in total. The summed E-state index contributed by atoms with van der Waals surface area (Å²) in [4.78, 5) is 22.9. The molecule has 0 bridgehead atoms. The summed E-state index contributed by atoms with van der Waals surface area (Å²) in [5, 5.41) is 11.2. The van der Waals surface area contributed by atoms with Crippen molar-refractivity contribution < 1.29 is 35.8 Å². The predicted molar refractivity (Wildman–Crippen MR) is 123 cm³/mol. The minimum absolute atomic E-state index is 0.0558. The van der Waals surface area contributed by atoms with Crippen molar-refractivity contribution in [3.05, 3.63) is 82.0 Å². The highest BCUT2D eigenvalue weighted by Crippen LogP contribution is 2.31. The lowest BCUT2D eigenvalue weighted by molar-refractivity contribution is -0.385. The van der Waals surface area contributed by atoms with Crippen molar-refractivity contribution in [3.8, 4) is 11.3 Å². The molecule has 0 atom stereocenters. The molecule has 1 heterocycles. The molecule has 0 unspecified atom stereocenters. The largest absolute Gasteiger partial charge is 0.444 e. The van der Waals surface area contributed by atoms with E-state index in [4.69, 9.17) is 8.85 Å². The lowest BCUT2D eigenvalue weighted by Gasteiger charge is -2.24. The summed E-state index contributed by atoms with van der Waals surface area (Å²) < 4.78 is 84.4. The highest BCUT2D eigenvalue weighted by molar-refractivity contribution is 7.90. The summed E-state index contributed by atoms with van der Waals surface area (Å²) in [5.74, 6) is -2.05. The molecule has 12 heteroatoms. The molecule has 186 valence electrons. The first-order valence-electron chi connectivity index (χ1n) is 11.6. The molecule has 0 aliphatic carbocycles. The summed E-state index contributed by atoms with van der Waals surface area (Å²) in [6, 6.07) is 7.64. The zero-order chi connectivity index (χ0) is 28.6. The molecule has 0 spiro atoms. The van der Waals surface area contributed by atoms with E-state index >= 15 is 0 Å². The highest BCUT2D eigenvalue weighted by Gasteiger charge is 2.26. The number of hydrogen-bond donors (Lipinski definition) is 0. The number of aromatic nitrogens is 1. The second kappa shape index (κ2) is 9.45.